The number of hydrogen-bond acceptors (Lipinski definition) is 8. The zero-order chi connectivity index (χ0) is 26.1. The third-order valence-corrected chi connectivity index (χ3v) is 9.65. The molecule has 0 unspecified atom stereocenters. The summed E-state index contributed by atoms with van der Waals surface area (Å²) in [5.74, 6) is 0.141. The van der Waals surface area contributed by atoms with Crippen molar-refractivity contribution in [3.8, 4) is 10.7 Å². The smallest absolute Gasteiger partial charge is 0.291 e. The molecule has 0 radical (unpaired) electrons. The molecular weight excluding hydrogens is 527 g/mol. The Hall–Kier alpha value is -2.29. The summed E-state index contributed by atoms with van der Waals surface area (Å²) in [4.78, 5) is 7.00. The standard InChI is InChI=1S/C23H28F3N7O2S2/c1-12-8-32(9-13(2)27-12)16-7-15(37(34,35)31-23(11-24)5-6-23)10-33-18(17(14-3-4-14)28-20(16)33)21-29-30-22(36-21)19(25)26/h7,10,12-14,19,27,31H,3-6,8-9,11H2,1-2H3/t12-,13-/m0/s1. The van der Waals surface area contributed by atoms with Crippen LogP contribution in [0.2, 0.25) is 0 Å². The zero-order valence-electron chi connectivity index (χ0n) is 20.4. The van der Waals surface area contributed by atoms with Crippen LogP contribution < -0.4 is 14.9 Å². The van der Waals surface area contributed by atoms with Crippen molar-refractivity contribution in [1.82, 2.24) is 29.6 Å². The first-order chi connectivity index (χ1) is 17.6. The van der Waals surface area contributed by atoms with Crippen LogP contribution >= 0.6 is 11.3 Å². The number of aromatic nitrogens is 4. The van der Waals surface area contributed by atoms with E-state index in [2.05, 4.69) is 39.0 Å². The summed E-state index contributed by atoms with van der Waals surface area (Å²) in [6, 6.07) is 1.89. The van der Waals surface area contributed by atoms with Crippen molar-refractivity contribution in [2.24, 2.45) is 0 Å². The number of halogens is 3. The lowest BCUT2D eigenvalue weighted by Crippen LogP contribution is -2.54. The number of fused-ring (bicyclic) bond motifs is 1. The van der Waals surface area contributed by atoms with Crippen molar-refractivity contribution in [3.05, 3.63) is 23.0 Å². The van der Waals surface area contributed by atoms with Gasteiger partial charge in [-0.15, -0.1) is 10.2 Å². The molecule has 0 spiro atoms. The maximum atomic E-state index is 13.6. The Labute approximate surface area is 216 Å². The molecule has 2 aliphatic carbocycles. The SMILES string of the molecule is C[C@H]1CN(c2cc(S(=O)(=O)NC3(CF)CC3)cn3c(-c4nnc(C(F)F)s4)c(C4CC4)nc23)C[C@H](C)N1. The van der Waals surface area contributed by atoms with Crippen molar-refractivity contribution in [1.29, 1.82) is 0 Å². The molecular formula is C23H28F3N7O2S2. The Morgan fingerprint density at radius 2 is 1.92 bits per heavy atom. The van der Waals surface area contributed by atoms with E-state index in [0.29, 0.717) is 48.7 Å². The topological polar surface area (TPSA) is 105 Å². The number of alkyl halides is 3. The van der Waals surface area contributed by atoms with E-state index in [-0.39, 0.29) is 27.9 Å². The van der Waals surface area contributed by atoms with Gasteiger partial charge >= 0.3 is 0 Å². The van der Waals surface area contributed by atoms with Gasteiger partial charge in [0, 0.05) is 37.3 Å². The van der Waals surface area contributed by atoms with Crippen molar-refractivity contribution < 1.29 is 21.6 Å². The number of piperazine rings is 1. The van der Waals surface area contributed by atoms with E-state index in [4.69, 9.17) is 4.98 Å². The van der Waals surface area contributed by atoms with Gasteiger partial charge in [-0.05, 0) is 45.6 Å². The quantitative estimate of drug-likeness (QED) is 0.437. The van der Waals surface area contributed by atoms with Gasteiger partial charge in [0.1, 0.15) is 17.3 Å². The molecule has 2 N–H and O–H groups in total. The van der Waals surface area contributed by atoms with Crippen LogP contribution in [0.25, 0.3) is 16.3 Å². The van der Waals surface area contributed by atoms with Crippen molar-refractivity contribution in [2.75, 3.05) is 24.7 Å². The van der Waals surface area contributed by atoms with Crippen LogP contribution in [0.15, 0.2) is 17.2 Å². The molecule has 14 heteroatoms. The molecule has 3 aliphatic rings. The number of imidazole rings is 1. The Morgan fingerprint density at radius 3 is 2.49 bits per heavy atom. The number of pyridine rings is 1. The van der Waals surface area contributed by atoms with Crippen LogP contribution in [0.5, 0.6) is 0 Å². The number of anilines is 1. The van der Waals surface area contributed by atoms with Gasteiger partial charge < -0.3 is 10.2 Å². The van der Waals surface area contributed by atoms with Crippen LogP contribution in [0.3, 0.4) is 0 Å². The molecule has 2 atom stereocenters. The van der Waals surface area contributed by atoms with Gasteiger partial charge in [-0.1, -0.05) is 11.3 Å². The Balaban J connectivity index is 1.57. The maximum Gasteiger partial charge on any atom is 0.291 e. The highest BCUT2D eigenvalue weighted by molar-refractivity contribution is 7.89. The molecule has 9 nitrogen and oxygen atoms in total. The molecule has 1 saturated heterocycles. The molecule has 37 heavy (non-hydrogen) atoms. The molecule has 3 aromatic rings. The lowest BCUT2D eigenvalue weighted by Gasteiger charge is -2.37. The van der Waals surface area contributed by atoms with E-state index in [1.54, 1.807) is 10.5 Å². The summed E-state index contributed by atoms with van der Waals surface area (Å²) in [6.07, 6.45) is 1.37. The largest absolute Gasteiger partial charge is 0.365 e. The number of nitrogens with one attached hydrogen (secondary N) is 2. The normalized spacial score (nSPS) is 23.8. The first-order valence-electron chi connectivity index (χ1n) is 12.4. The van der Waals surface area contributed by atoms with Gasteiger partial charge in [-0.25, -0.2) is 31.3 Å². The van der Waals surface area contributed by atoms with Gasteiger partial charge in [0.15, 0.2) is 15.7 Å². The predicted molar refractivity (Wildman–Crippen MR) is 134 cm³/mol. The minimum atomic E-state index is -4.08. The highest BCUT2D eigenvalue weighted by Gasteiger charge is 2.46. The minimum Gasteiger partial charge on any atom is -0.365 e. The van der Waals surface area contributed by atoms with Crippen LogP contribution in [-0.2, 0) is 10.0 Å². The molecule has 2 saturated carbocycles. The van der Waals surface area contributed by atoms with Crippen LogP contribution in [-0.4, -0.2) is 65.4 Å². The molecule has 3 aromatic heterocycles. The monoisotopic (exact) mass is 555 g/mol. The van der Waals surface area contributed by atoms with Crippen LogP contribution in [0.1, 0.15) is 62.6 Å². The van der Waals surface area contributed by atoms with Gasteiger partial charge in [0.2, 0.25) is 10.0 Å². The molecule has 0 aromatic carbocycles. The van der Waals surface area contributed by atoms with Gasteiger partial charge in [0.05, 0.1) is 16.9 Å². The van der Waals surface area contributed by atoms with Crippen molar-refractivity contribution >= 4 is 32.7 Å². The molecule has 3 fully saturated rings. The summed E-state index contributed by atoms with van der Waals surface area (Å²) in [6.45, 7) is 4.58. The molecule has 0 amide bonds. The second kappa shape index (κ2) is 8.89. The second-order valence-corrected chi connectivity index (χ2v) is 13.2. The summed E-state index contributed by atoms with van der Waals surface area (Å²) < 4.78 is 71.5. The second-order valence-electron chi connectivity index (χ2n) is 10.5. The number of rotatable bonds is 8. The Kier molecular flexibility index (Phi) is 6.01. The summed E-state index contributed by atoms with van der Waals surface area (Å²) >= 11 is 0.781. The van der Waals surface area contributed by atoms with E-state index in [1.165, 1.54) is 6.20 Å². The lowest BCUT2D eigenvalue weighted by atomic mass is 10.1. The molecule has 6 rings (SSSR count). The average Bonchev–Trinajstić information content (AvgIpc) is 3.74. The average molecular weight is 556 g/mol. The third kappa shape index (κ3) is 4.61. The zero-order valence-corrected chi connectivity index (χ0v) is 22.0. The highest BCUT2D eigenvalue weighted by Crippen LogP contribution is 2.46. The van der Waals surface area contributed by atoms with Crippen LogP contribution in [0.4, 0.5) is 18.9 Å². The number of hydrogen-bond donors (Lipinski definition) is 2. The van der Waals surface area contributed by atoms with E-state index < -0.39 is 33.7 Å². The molecule has 4 heterocycles. The summed E-state index contributed by atoms with van der Waals surface area (Å²) in [5.41, 5.74) is 1.30. The molecule has 1 aliphatic heterocycles. The van der Waals surface area contributed by atoms with Crippen LogP contribution in [0, 0.1) is 0 Å². The maximum absolute atomic E-state index is 13.6. The number of nitrogens with zero attached hydrogens (tertiary/aromatic N) is 5. The molecule has 200 valence electrons. The fourth-order valence-electron chi connectivity index (χ4n) is 5.05. The first-order valence-corrected chi connectivity index (χ1v) is 14.7. The van der Waals surface area contributed by atoms with E-state index in [0.717, 1.165) is 24.2 Å². The highest BCUT2D eigenvalue weighted by atomic mass is 32.2. The van der Waals surface area contributed by atoms with Crippen molar-refractivity contribution in [2.45, 2.75) is 74.4 Å². The van der Waals surface area contributed by atoms with Crippen molar-refractivity contribution in [3.63, 3.8) is 0 Å². The first kappa shape index (κ1) is 25.0. The molecule has 0 bridgehead atoms. The van der Waals surface area contributed by atoms with E-state index in [9.17, 15) is 21.6 Å². The van der Waals surface area contributed by atoms with E-state index in [1.807, 2.05) is 0 Å². The predicted octanol–water partition coefficient (Wildman–Crippen LogP) is 3.63. The van der Waals surface area contributed by atoms with Gasteiger partial charge in [0.25, 0.3) is 6.43 Å². The fourth-order valence-corrected chi connectivity index (χ4v) is 7.26. The third-order valence-electron chi connectivity index (χ3n) is 7.17. The fraction of sp³-hybridized carbons (Fsp3) is 0.609. The van der Waals surface area contributed by atoms with Gasteiger partial charge in [-0.2, -0.15) is 0 Å². The van der Waals surface area contributed by atoms with Gasteiger partial charge in [-0.3, -0.25) is 4.40 Å². The summed E-state index contributed by atoms with van der Waals surface area (Å²) in [7, 11) is -4.08. The number of sulfonamides is 1. The summed E-state index contributed by atoms with van der Waals surface area (Å²) in [5, 5.41) is 11.0. The Morgan fingerprint density at radius 1 is 1.22 bits per heavy atom. The Bertz CT molecular complexity index is 1440. The lowest BCUT2D eigenvalue weighted by molar-refractivity contribution is 0.150. The van der Waals surface area contributed by atoms with E-state index >= 15 is 0 Å². The minimum absolute atomic E-state index is 0.0341.